The fraction of sp³-hybridized carbons (Fsp3) is 0.412. The number of halogens is 1. The van der Waals surface area contributed by atoms with E-state index in [0.717, 1.165) is 25.4 Å². The van der Waals surface area contributed by atoms with Crippen molar-refractivity contribution in [3.63, 3.8) is 0 Å². The van der Waals surface area contributed by atoms with Crippen LogP contribution in [0.1, 0.15) is 39.0 Å². The highest BCUT2D eigenvalue weighted by atomic mass is 79.9. The van der Waals surface area contributed by atoms with Crippen LogP contribution in [0.3, 0.4) is 0 Å². The molecule has 3 aromatic carbocycles. The molecule has 6 nitrogen and oxygen atoms in total. The third-order valence-electron chi connectivity index (χ3n) is 8.05. The molecule has 0 aromatic heterocycles. The Balaban J connectivity index is 0.00000484. The number of unbranched alkanes of at least 4 members (excludes halogenated alkanes) is 1. The molecule has 0 saturated carbocycles. The van der Waals surface area contributed by atoms with Gasteiger partial charge >= 0.3 is 6.09 Å². The summed E-state index contributed by atoms with van der Waals surface area (Å²) in [5.41, 5.74) is -0.679. The Morgan fingerprint density at radius 3 is 1.83 bits per heavy atom. The van der Waals surface area contributed by atoms with Crippen LogP contribution in [-0.4, -0.2) is 63.0 Å². The second-order valence-electron chi connectivity index (χ2n) is 10.9. The zero-order chi connectivity index (χ0) is 29.0. The minimum atomic E-state index is -1.95. The molecule has 0 bridgehead atoms. The highest BCUT2D eigenvalue weighted by Crippen LogP contribution is 2.55. The van der Waals surface area contributed by atoms with Gasteiger partial charge in [0, 0.05) is 33.4 Å². The third kappa shape index (κ3) is 8.21. The summed E-state index contributed by atoms with van der Waals surface area (Å²) in [6, 6.07) is 32.4. The summed E-state index contributed by atoms with van der Waals surface area (Å²) >= 11 is 0. The predicted octanol–water partition coefficient (Wildman–Crippen LogP) is 2.16. The van der Waals surface area contributed by atoms with Gasteiger partial charge in [-0.05, 0) is 62.1 Å². The highest BCUT2D eigenvalue weighted by Gasteiger charge is 2.45. The minimum Gasteiger partial charge on any atom is -1.00 e. The lowest BCUT2D eigenvalue weighted by Crippen LogP contribution is -3.00. The molecule has 0 unspecified atom stereocenters. The fourth-order valence-electron chi connectivity index (χ4n) is 5.74. The molecule has 1 N–H and O–H groups in total. The van der Waals surface area contributed by atoms with Crippen molar-refractivity contribution in [2.75, 3.05) is 46.1 Å². The Morgan fingerprint density at radius 2 is 1.36 bits per heavy atom. The van der Waals surface area contributed by atoms with E-state index in [4.69, 9.17) is 9.47 Å². The Morgan fingerprint density at radius 1 is 0.857 bits per heavy atom. The zero-order valence-electron chi connectivity index (χ0n) is 24.8. The van der Waals surface area contributed by atoms with Gasteiger partial charge in [-0.25, -0.2) is 4.79 Å². The molecule has 8 heteroatoms. The van der Waals surface area contributed by atoms with E-state index < -0.39 is 12.7 Å². The van der Waals surface area contributed by atoms with Gasteiger partial charge in [-0.15, -0.1) is 0 Å². The van der Waals surface area contributed by atoms with E-state index in [1.54, 1.807) is 11.9 Å². The predicted molar refractivity (Wildman–Crippen MR) is 169 cm³/mol. The molecule has 0 radical (unpaired) electrons. The summed E-state index contributed by atoms with van der Waals surface area (Å²) in [4.78, 5) is 27.9. The van der Waals surface area contributed by atoms with Crippen molar-refractivity contribution in [3.05, 3.63) is 91.0 Å². The van der Waals surface area contributed by atoms with Gasteiger partial charge in [0.2, 0.25) is 5.91 Å². The van der Waals surface area contributed by atoms with Crippen LogP contribution in [0.4, 0.5) is 4.79 Å². The number of nitrogens with zero attached hydrogens (tertiary/aromatic N) is 1. The summed E-state index contributed by atoms with van der Waals surface area (Å²) in [5.74, 6) is -0.00271. The maximum Gasteiger partial charge on any atom is 0.409 e. The van der Waals surface area contributed by atoms with Gasteiger partial charge in [0.15, 0.2) is 0 Å². The van der Waals surface area contributed by atoms with E-state index >= 15 is 0 Å². The molecule has 1 fully saturated rings. The summed E-state index contributed by atoms with van der Waals surface area (Å²) in [5, 5.41) is 7.28. The Kier molecular flexibility index (Phi) is 13.5. The second-order valence-corrected chi connectivity index (χ2v) is 14.5. The van der Waals surface area contributed by atoms with Crippen molar-refractivity contribution >= 4 is 35.2 Å². The lowest BCUT2D eigenvalue weighted by Gasteiger charge is -2.38. The smallest absolute Gasteiger partial charge is 0.409 e. The molecule has 0 spiro atoms. The largest absolute Gasteiger partial charge is 1.00 e. The van der Waals surface area contributed by atoms with Crippen molar-refractivity contribution in [1.29, 1.82) is 0 Å². The molecule has 0 atom stereocenters. The molecule has 3 aromatic rings. The standard InChI is InChI=1S/C34H43N2O4P.BrH/c1-3-4-24-40-33(38)36(2)28-34(21-25-39-26-22-34)32(37)35-23-14-27-41(29-15-8-5-9-16-29,30-17-10-6-11-18-30)31-19-12-7-13-20-31;/h5-13,15-20H,3-4,14,21-28H2,1-2H3;1H. The van der Waals surface area contributed by atoms with Gasteiger partial charge in [0.25, 0.3) is 0 Å². The molecular weight excluding hydrogens is 611 g/mol. The van der Waals surface area contributed by atoms with Crippen LogP contribution < -0.4 is 38.2 Å². The number of hydrogen-bond acceptors (Lipinski definition) is 4. The summed E-state index contributed by atoms with van der Waals surface area (Å²) in [7, 11) is -0.233. The first-order chi connectivity index (χ1) is 20.0. The average molecular weight is 656 g/mol. The number of amides is 2. The lowest BCUT2D eigenvalue weighted by atomic mass is 9.78. The van der Waals surface area contributed by atoms with Crippen LogP contribution in [0, 0.1) is 5.41 Å². The SMILES string of the molecule is CCCCOC(=O)N(C)CC1(C(=O)NCCC[P+](c2ccccc2)(c2ccccc2)c2ccccc2)CCOCC1.[Br-]. The van der Waals surface area contributed by atoms with Gasteiger partial charge in [-0.2, -0.15) is 0 Å². The van der Waals surface area contributed by atoms with Gasteiger partial charge < -0.3 is 36.7 Å². The molecule has 1 heterocycles. The normalized spacial score (nSPS) is 14.3. The molecule has 226 valence electrons. The summed E-state index contributed by atoms with van der Waals surface area (Å²) in [6.07, 6.45) is 4.35. The van der Waals surface area contributed by atoms with Crippen LogP contribution in [0.5, 0.6) is 0 Å². The Hall–Kier alpha value is -2.73. The zero-order valence-corrected chi connectivity index (χ0v) is 27.3. The van der Waals surface area contributed by atoms with Gasteiger partial charge in [-0.1, -0.05) is 67.9 Å². The number of nitrogens with one attached hydrogen (secondary N) is 1. The van der Waals surface area contributed by atoms with E-state index in [-0.39, 0.29) is 29.0 Å². The molecule has 2 amide bonds. The summed E-state index contributed by atoms with van der Waals surface area (Å²) in [6.45, 7) is 4.37. The van der Waals surface area contributed by atoms with E-state index in [1.165, 1.54) is 15.9 Å². The third-order valence-corrected chi connectivity index (χ3v) is 12.6. The van der Waals surface area contributed by atoms with Crippen LogP contribution in [-0.2, 0) is 14.3 Å². The first kappa shape index (κ1) is 33.8. The Labute approximate surface area is 262 Å². The molecule has 4 rings (SSSR count). The molecule has 1 aliphatic heterocycles. The van der Waals surface area contributed by atoms with Crippen molar-refractivity contribution in [2.24, 2.45) is 5.41 Å². The highest BCUT2D eigenvalue weighted by molar-refractivity contribution is 7.95. The maximum atomic E-state index is 13.7. The monoisotopic (exact) mass is 654 g/mol. The van der Waals surface area contributed by atoms with Crippen LogP contribution in [0.25, 0.3) is 0 Å². The van der Waals surface area contributed by atoms with Crippen LogP contribution >= 0.6 is 7.26 Å². The van der Waals surface area contributed by atoms with E-state index in [2.05, 4.69) is 103 Å². The van der Waals surface area contributed by atoms with Crippen molar-refractivity contribution < 1.29 is 36.0 Å². The van der Waals surface area contributed by atoms with Crippen molar-refractivity contribution in [3.8, 4) is 0 Å². The number of benzene rings is 3. The van der Waals surface area contributed by atoms with E-state index in [1.807, 2.05) is 0 Å². The van der Waals surface area contributed by atoms with Crippen molar-refractivity contribution in [1.82, 2.24) is 10.2 Å². The quantitative estimate of drug-likeness (QED) is 0.227. The number of carbonyl (C=O) groups is 2. The molecule has 1 aliphatic rings. The summed E-state index contributed by atoms with van der Waals surface area (Å²) < 4.78 is 11.0. The molecule has 0 aliphatic carbocycles. The van der Waals surface area contributed by atoms with E-state index in [9.17, 15) is 9.59 Å². The number of hydrogen-bond donors (Lipinski definition) is 1. The van der Waals surface area contributed by atoms with Gasteiger partial charge in [0.1, 0.15) is 23.2 Å². The lowest BCUT2D eigenvalue weighted by molar-refractivity contribution is -0.137. The number of carbonyl (C=O) groups excluding carboxylic acids is 2. The van der Waals surface area contributed by atoms with Gasteiger partial charge in [0.05, 0.1) is 18.2 Å². The molecule has 42 heavy (non-hydrogen) atoms. The van der Waals surface area contributed by atoms with Gasteiger partial charge in [-0.3, -0.25) is 4.79 Å². The van der Waals surface area contributed by atoms with Crippen LogP contribution in [0.15, 0.2) is 91.0 Å². The van der Waals surface area contributed by atoms with Crippen LogP contribution in [0.2, 0.25) is 0 Å². The average Bonchev–Trinajstić information content (AvgIpc) is 3.03. The first-order valence-corrected chi connectivity index (χ1v) is 16.8. The Bertz CT molecular complexity index is 1130. The molecule has 1 saturated heterocycles. The van der Waals surface area contributed by atoms with Crippen molar-refractivity contribution in [2.45, 2.75) is 39.0 Å². The fourth-order valence-corrected chi connectivity index (χ4v) is 10.1. The number of rotatable bonds is 13. The molecular formula is C34H44BrN2O4P. The topological polar surface area (TPSA) is 67.9 Å². The second kappa shape index (κ2) is 16.8. The first-order valence-electron chi connectivity index (χ1n) is 14.8. The minimum absolute atomic E-state index is 0. The van der Waals surface area contributed by atoms with E-state index in [0.29, 0.717) is 45.8 Å². The maximum absolute atomic E-state index is 13.7. The number of ether oxygens (including phenoxy) is 2.